The number of unbranched alkanes of at least 4 members (excludes halogenated alkanes) is 12. The van der Waals surface area contributed by atoms with Gasteiger partial charge in [-0.2, -0.15) is 0 Å². The van der Waals surface area contributed by atoms with E-state index >= 15 is 0 Å². The van der Waals surface area contributed by atoms with E-state index in [1.54, 1.807) is 6.92 Å². The Balaban J connectivity index is 0. The van der Waals surface area contributed by atoms with Crippen LogP contribution in [0, 0.1) is 0 Å². The van der Waals surface area contributed by atoms with Crippen molar-refractivity contribution in [3.05, 3.63) is 0 Å². The monoisotopic (exact) mass is 386 g/mol. The molecule has 0 amide bonds. The molecule has 0 bridgehead atoms. The molecule has 0 aliphatic heterocycles. The van der Waals surface area contributed by atoms with Crippen LogP contribution in [0.4, 0.5) is 0 Å². The van der Waals surface area contributed by atoms with Crippen LogP contribution in [0.1, 0.15) is 110 Å². The predicted octanol–water partition coefficient (Wildman–Crippen LogP) is 2.16. The largest absolute Gasteiger partial charge is 1.00 e. The van der Waals surface area contributed by atoms with Gasteiger partial charge in [0.05, 0.1) is 11.4 Å². The first-order valence-corrected chi connectivity index (χ1v) is 11.5. The third-order valence-corrected chi connectivity index (χ3v) is 6.19. The third-order valence-electron chi connectivity index (χ3n) is 4.81. The number of hydrogen-bond acceptors (Lipinski definition) is 4. The summed E-state index contributed by atoms with van der Waals surface area (Å²) >= 11 is 0. The molecular formula is C19H39NaO4S. The van der Waals surface area contributed by atoms with Crippen molar-refractivity contribution in [2.45, 2.75) is 122 Å². The van der Waals surface area contributed by atoms with Crippen molar-refractivity contribution in [2.24, 2.45) is 0 Å². The molecule has 0 aromatic carbocycles. The second-order valence-electron chi connectivity index (χ2n) is 7.04. The molecule has 0 aromatic rings. The molecule has 0 aliphatic rings. The Morgan fingerprint density at radius 3 is 1.44 bits per heavy atom. The Morgan fingerprint density at radius 2 is 1.12 bits per heavy atom. The minimum atomic E-state index is -4.38. The zero-order chi connectivity index (χ0) is 18.3. The molecule has 0 saturated carbocycles. The predicted molar refractivity (Wildman–Crippen MR) is 100 cm³/mol. The molecular weight excluding hydrogens is 347 g/mol. The minimum Gasteiger partial charge on any atom is -0.748 e. The first-order valence-electron chi connectivity index (χ1n) is 10.1. The summed E-state index contributed by atoms with van der Waals surface area (Å²) < 4.78 is 33.1. The van der Waals surface area contributed by atoms with Crippen molar-refractivity contribution in [1.29, 1.82) is 0 Å². The molecule has 0 spiro atoms. The van der Waals surface area contributed by atoms with E-state index in [1.165, 1.54) is 64.2 Å². The summed E-state index contributed by atoms with van der Waals surface area (Å²) in [6.45, 7) is 3.88. The molecule has 4 nitrogen and oxygen atoms in total. The standard InChI is InChI=1S/C19H40O4S.Na/c1-3-5-6-7-8-9-10-11-12-13-14-15-16-17-18(20)19(4-2)24(21,22)23;/h18-20H,3-17H2,1-2H3,(H,21,22,23);/q;+1/p-1. The average molecular weight is 387 g/mol. The maximum atomic E-state index is 11.0. The first kappa shape index (κ1) is 28.1. The second-order valence-corrected chi connectivity index (χ2v) is 8.63. The molecule has 2 atom stereocenters. The molecule has 6 heteroatoms. The van der Waals surface area contributed by atoms with E-state index in [2.05, 4.69) is 6.92 Å². The molecule has 0 fully saturated rings. The summed E-state index contributed by atoms with van der Waals surface area (Å²) in [5.74, 6) is 0. The van der Waals surface area contributed by atoms with Crippen molar-refractivity contribution in [3.8, 4) is 0 Å². The van der Waals surface area contributed by atoms with E-state index in [4.69, 9.17) is 0 Å². The number of hydrogen-bond donors (Lipinski definition) is 1. The Bertz CT molecular complexity index is 374. The van der Waals surface area contributed by atoms with Crippen LogP contribution in [0.5, 0.6) is 0 Å². The van der Waals surface area contributed by atoms with Crippen LogP contribution < -0.4 is 29.6 Å². The van der Waals surface area contributed by atoms with E-state index in [0.29, 0.717) is 6.42 Å². The normalized spacial score (nSPS) is 14.1. The van der Waals surface area contributed by atoms with Crippen LogP contribution >= 0.6 is 0 Å². The quantitative estimate of drug-likeness (QED) is 0.236. The Kier molecular flexibility index (Phi) is 20.5. The summed E-state index contributed by atoms with van der Waals surface area (Å²) in [6.07, 6.45) is 15.8. The van der Waals surface area contributed by atoms with E-state index in [0.717, 1.165) is 19.3 Å². The van der Waals surface area contributed by atoms with Gasteiger partial charge >= 0.3 is 29.6 Å². The number of aliphatic hydroxyl groups excluding tert-OH is 1. The van der Waals surface area contributed by atoms with Crippen molar-refractivity contribution in [2.75, 3.05) is 0 Å². The topological polar surface area (TPSA) is 77.4 Å². The third kappa shape index (κ3) is 16.7. The zero-order valence-electron chi connectivity index (χ0n) is 16.8. The Hall–Kier alpha value is 0.870. The molecule has 0 aromatic heterocycles. The van der Waals surface area contributed by atoms with Crippen LogP contribution in [0.3, 0.4) is 0 Å². The van der Waals surface area contributed by atoms with Gasteiger partial charge in [-0.1, -0.05) is 97.3 Å². The van der Waals surface area contributed by atoms with Crippen LogP contribution in [0.2, 0.25) is 0 Å². The molecule has 2 unspecified atom stereocenters. The smallest absolute Gasteiger partial charge is 0.748 e. The fraction of sp³-hybridized carbons (Fsp3) is 1.00. The molecule has 0 radical (unpaired) electrons. The molecule has 0 heterocycles. The molecule has 1 N–H and O–H groups in total. The van der Waals surface area contributed by atoms with Crippen molar-refractivity contribution >= 4 is 10.1 Å². The van der Waals surface area contributed by atoms with Gasteiger partial charge in [0.25, 0.3) is 0 Å². The zero-order valence-corrected chi connectivity index (χ0v) is 19.7. The molecule has 0 rings (SSSR count). The van der Waals surface area contributed by atoms with Gasteiger partial charge in [0.1, 0.15) is 10.1 Å². The van der Waals surface area contributed by atoms with Crippen molar-refractivity contribution < 1.29 is 47.6 Å². The van der Waals surface area contributed by atoms with Crippen LogP contribution in [-0.2, 0) is 10.1 Å². The first-order chi connectivity index (χ1) is 11.4. The van der Waals surface area contributed by atoms with E-state index < -0.39 is 21.5 Å². The van der Waals surface area contributed by atoms with Gasteiger partial charge in [-0.15, -0.1) is 0 Å². The van der Waals surface area contributed by atoms with Gasteiger partial charge in [0.2, 0.25) is 0 Å². The molecule has 146 valence electrons. The van der Waals surface area contributed by atoms with Gasteiger partial charge in [-0.3, -0.25) is 0 Å². The summed E-state index contributed by atoms with van der Waals surface area (Å²) in [4.78, 5) is 0. The van der Waals surface area contributed by atoms with Crippen molar-refractivity contribution in [3.63, 3.8) is 0 Å². The fourth-order valence-corrected chi connectivity index (χ4v) is 4.15. The molecule has 0 saturated heterocycles. The van der Waals surface area contributed by atoms with Gasteiger partial charge in [-0.25, -0.2) is 8.42 Å². The van der Waals surface area contributed by atoms with E-state index in [1.807, 2.05) is 0 Å². The van der Waals surface area contributed by atoms with Crippen LogP contribution in [0.15, 0.2) is 0 Å². The maximum Gasteiger partial charge on any atom is 1.00 e. The van der Waals surface area contributed by atoms with Gasteiger partial charge in [-0.05, 0) is 12.8 Å². The maximum absolute atomic E-state index is 11.0. The summed E-state index contributed by atoms with van der Waals surface area (Å²) in [7, 11) is -4.38. The van der Waals surface area contributed by atoms with Gasteiger partial charge < -0.3 is 9.66 Å². The number of aliphatic hydroxyl groups is 1. The Morgan fingerprint density at radius 1 is 0.760 bits per heavy atom. The average Bonchev–Trinajstić information content (AvgIpc) is 2.51. The SMILES string of the molecule is CCCCCCCCCCCCCCCC(O)C(CC)S(=O)(=O)[O-].[Na+]. The summed E-state index contributed by atoms with van der Waals surface area (Å²) in [5, 5.41) is 8.70. The second kappa shape index (κ2) is 18.2. The minimum absolute atomic E-state index is 0. The van der Waals surface area contributed by atoms with E-state index in [-0.39, 0.29) is 36.0 Å². The van der Waals surface area contributed by atoms with Crippen LogP contribution in [-0.4, -0.2) is 29.4 Å². The fourth-order valence-electron chi connectivity index (χ4n) is 3.23. The van der Waals surface area contributed by atoms with Crippen molar-refractivity contribution in [1.82, 2.24) is 0 Å². The van der Waals surface area contributed by atoms with Gasteiger partial charge in [0.15, 0.2) is 0 Å². The van der Waals surface area contributed by atoms with Crippen LogP contribution in [0.25, 0.3) is 0 Å². The van der Waals surface area contributed by atoms with Gasteiger partial charge in [0, 0.05) is 0 Å². The molecule has 0 aliphatic carbocycles. The number of rotatable bonds is 17. The Labute approximate surface area is 178 Å². The summed E-state index contributed by atoms with van der Waals surface area (Å²) in [6, 6.07) is 0. The summed E-state index contributed by atoms with van der Waals surface area (Å²) in [5.41, 5.74) is 0. The van der Waals surface area contributed by atoms with E-state index in [9.17, 15) is 18.1 Å². The molecule has 25 heavy (non-hydrogen) atoms.